The van der Waals surface area contributed by atoms with E-state index in [0.29, 0.717) is 36.3 Å². The highest BCUT2D eigenvalue weighted by atomic mass is 16.2. The lowest BCUT2D eigenvalue weighted by atomic mass is 9.85. The van der Waals surface area contributed by atoms with E-state index in [1.807, 2.05) is 13.1 Å². The molecule has 35 heavy (non-hydrogen) atoms. The zero-order valence-corrected chi connectivity index (χ0v) is 21.0. The van der Waals surface area contributed by atoms with Gasteiger partial charge in [-0.15, -0.1) is 0 Å². The van der Waals surface area contributed by atoms with Crippen molar-refractivity contribution in [3.05, 3.63) is 22.6 Å². The molecule has 3 rings (SSSR count). The van der Waals surface area contributed by atoms with Crippen LogP contribution in [0.15, 0.2) is 9.98 Å². The molecule has 3 heterocycles. The molecular weight excluding hydrogens is 446 g/mol. The van der Waals surface area contributed by atoms with Crippen LogP contribution in [0.3, 0.4) is 0 Å². The summed E-state index contributed by atoms with van der Waals surface area (Å²) in [6, 6.07) is -0.0830. The Morgan fingerprint density at radius 1 is 1.31 bits per heavy atom. The highest BCUT2D eigenvalue weighted by Gasteiger charge is 2.45. The summed E-state index contributed by atoms with van der Waals surface area (Å²) in [6.07, 6.45) is 7.31. The van der Waals surface area contributed by atoms with Gasteiger partial charge in [-0.1, -0.05) is 13.8 Å². The Labute approximate surface area is 205 Å². The molecule has 1 aromatic rings. The fraction of sp³-hybridized carbons (Fsp3) is 0.625. The smallest absolute Gasteiger partial charge is 0.289 e. The molecule has 0 spiro atoms. The SMILES string of the molecule is CCCN=CCC(C)c1nc(C2CC3CCC(C2)N3C(=O)C(N)=NC=N)c(C(C)=O)c(=N)n1NC. The lowest BCUT2D eigenvalue weighted by Gasteiger charge is -2.39. The van der Waals surface area contributed by atoms with Crippen LogP contribution in [0.2, 0.25) is 0 Å². The molecule has 11 heteroatoms. The Hall–Kier alpha value is -3.37. The monoisotopic (exact) mass is 483 g/mol. The van der Waals surface area contributed by atoms with Crippen molar-refractivity contribution >= 4 is 30.1 Å². The second-order valence-corrected chi connectivity index (χ2v) is 9.33. The van der Waals surface area contributed by atoms with Crippen LogP contribution in [0.1, 0.15) is 93.0 Å². The molecule has 3 unspecified atom stereocenters. The first-order chi connectivity index (χ1) is 16.7. The topological polar surface area (TPSA) is 166 Å². The zero-order chi connectivity index (χ0) is 25.7. The maximum Gasteiger partial charge on any atom is 0.289 e. The van der Waals surface area contributed by atoms with E-state index in [2.05, 4.69) is 22.3 Å². The number of nitrogens with one attached hydrogen (secondary N) is 3. The third kappa shape index (κ3) is 5.33. The second-order valence-electron chi connectivity index (χ2n) is 9.33. The predicted octanol–water partition coefficient (Wildman–Crippen LogP) is 1.91. The number of rotatable bonds is 9. The van der Waals surface area contributed by atoms with Gasteiger partial charge in [-0.2, -0.15) is 0 Å². The largest absolute Gasteiger partial charge is 0.379 e. The molecule has 2 aliphatic rings. The highest BCUT2D eigenvalue weighted by molar-refractivity contribution is 6.38. The van der Waals surface area contributed by atoms with Crippen LogP contribution < -0.4 is 16.6 Å². The number of fused-ring (bicyclic) bond motifs is 2. The third-order valence-corrected chi connectivity index (χ3v) is 6.91. The van der Waals surface area contributed by atoms with E-state index in [4.69, 9.17) is 21.5 Å². The van der Waals surface area contributed by atoms with Crippen LogP contribution in [0, 0.1) is 10.8 Å². The molecule has 2 bridgehead atoms. The number of amidine groups is 1. The number of carbonyl (C=O) groups excluding carboxylic acids is 2. The summed E-state index contributed by atoms with van der Waals surface area (Å²) in [6.45, 7) is 6.37. The number of nitrogens with two attached hydrogens (primary N) is 1. The summed E-state index contributed by atoms with van der Waals surface area (Å²) in [5.74, 6) is -0.0923. The fourth-order valence-electron chi connectivity index (χ4n) is 5.32. The lowest BCUT2D eigenvalue weighted by Crippen LogP contribution is -2.51. The number of nitrogens with zero attached hydrogens (tertiary/aromatic N) is 5. The minimum atomic E-state index is -0.345. The molecule has 0 saturated carbocycles. The van der Waals surface area contributed by atoms with Crippen molar-refractivity contribution < 1.29 is 9.59 Å². The zero-order valence-electron chi connectivity index (χ0n) is 21.0. The Balaban J connectivity index is 1.99. The van der Waals surface area contributed by atoms with Gasteiger partial charge in [0.05, 0.1) is 11.3 Å². The molecule has 190 valence electrons. The number of carbonyl (C=O) groups is 2. The van der Waals surface area contributed by atoms with Gasteiger partial charge in [0.1, 0.15) is 12.2 Å². The molecular formula is C24H37N9O2. The van der Waals surface area contributed by atoms with Gasteiger partial charge < -0.3 is 16.1 Å². The number of piperidine rings is 1. The number of ketones is 1. The first kappa shape index (κ1) is 26.2. The van der Waals surface area contributed by atoms with Crippen molar-refractivity contribution in [2.45, 2.75) is 83.2 Å². The molecule has 1 aromatic heterocycles. The van der Waals surface area contributed by atoms with E-state index in [9.17, 15) is 9.59 Å². The Morgan fingerprint density at radius 2 is 1.97 bits per heavy atom. The third-order valence-electron chi connectivity index (χ3n) is 6.91. The van der Waals surface area contributed by atoms with Gasteiger partial charge in [0.2, 0.25) is 0 Å². The summed E-state index contributed by atoms with van der Waals surface area (Å²) in [7, 11) is 1.72. The number of amides is 1. The van der Waals surface area contributed by atoms with Crippen LogP contribution in [-0.4, -0.2) is 70.3 Å². The van der Waals surface area contributed by atoms with E-state index in [-0.39, 0.29) is 46.9 Å². The van der Waals surface area contributed by atoms with Crippen molar-refractivity contribution in [2.24, 2.45) is 15.7 Å². The van der Waals surface area contributed by atoms with Crippen LogP contribution in [-0.2, 0) is 4.79 Å². The molecule has 1 amide bonds. The number of hydrogen-bond acceptors (Lipinski definition) is 7. The first-order valence-electron chi connectivity index (χ1n) is 12.3. The van der Waals surface area contributed by atoms with E-state index in [1.54, 1.807) is 16.6 Å². The lowest BCUT2D eigenvalue weighted by molar-refractivity contribution is -0.128. The summed E-state index contributed by atoms with van der Waals surface area (Å²) in [5.41, 5.74) is 9.88. The van der Waals surface area contributed by atoms with Crippen molar-refractivity contribution in [3.8, 4) is 0 Å². The normalized spacial score (nSPS) is 22.9. The van der Waals surface area contributed by atoms with Gasteiger partial charge >= 0.3 is 0 Å². The Morgan fingerprint density at radius 3 is 2.51 bits per heavy atom. The standard InChI is InChI=1S/C24H37N9O2/c1-5-9-29-10-8-14(2)23-31-20(19(15(3)34)22(27)33(23)28-4)16-11-17-6-7-18(12-16)32(17)24(35)21(26)30-13-25/h10,13-14,16-18,27-28H,5-9,11-12H2,1-4H3,(H3,25,26,30). The van der Waals surface area contributed by atoms with Crippen LogP contribution in [0.5, 0.6) is 0 Å². The summed E-state index contributed by atoms with van der Waals surface area (Å²) in [5, 5.41) is 15.9. The molecule has 2 aliphatic heterocycles. The van der Waals surface area contributed by atoms with Gasteiger partial charge in [0, 0.05) is 37.5 Å². The summed E-state index contributed by atoms with van der Waals surface area (Å²) < 4.78 is 1.58. The fourth-order valence-corrected chi connectivity index (χ4v) is 5.32. The molecule has 5 N–H and O–H groups in total. The molecule has 11 nitrogen and oxygen atoms in total. The van der Waals surface area contributed by atoms with Gasteiger partial charge in [0.15, 0.2) is 17.1 Å². The summed E-state index contributed by atoms with van der Waals surface area (Å²) >= 11 is 0. The van der Waals surface area contributed by atoms with E-state index >= 15 is 0 Å². The second kappa shape index (κ2) is 11.4. The van der Waals surface area contributed by atoms with Crippen LogP contribution in [0.25, 0.3) is 0 Å². The first-order valence-corrected chi connectivity index (χ1v) is 12.3. The minimum Gasteiger partial charge on any atom is -0.379 e. The van der Waals surface area contributed by atoms with Crippen LogP contribution >= 0.6 is 0 Å². The number of aromatic nitrogens is 2. The van der Waals surface area contributed by atoms with Crippen molar-refractivity contribution in [1.82, 2.24) is 14.6 Å². The molecule has 3 atom stereocenters. The van der Waals surface area contributed by atoms with E-state index in [0.717, 1.165) is 32.1 Å². The minimum absolute atomic E-state index is 0.0116. The molecule has 0 aliphatic carbocycles. The molecule has 2 saturated heterocycles. The molecule has 0 aromatic carbocycles. The number of hydrogen-bond donors (Lipinski definition) is 4. The van der Waals surface area contributed by atoms with Crippen molar-refractivity contribution in [1.29, 1.82) is 10.8 Å². The van der Waals surface area contributed by atoms with Crippen LogP contribution in [0.4, 0.5) is 0 Å². The Bertz CT molecular complexity index is 1080. The van der Waals surface area contributed by atoms with Crippen molar-refractivity contribution in [3.63, 3.8) is 0 Å². The average Bonchev–Trinajstić information content (AvgIpc) is 3.09. The van der Waals surface area contributed by atoms with E-state index < -0.39 is 0 Å². The molecule has 2 fully saturated rings. The Kier molecular flexibility index (Phi) is 8.52. The van der Waals surface area contributed by atoms with Crippen molar-refractivity contribution in [2.75, 3.05) is 19.0 Å². The maximum atomic E-state index is 12.8. The summed E-state index contributed by atoms with van der Waals surface area (Å²) in [4.78, 5) is 40.4. The number of aliphatic imine (C=N–C) groups is 2. The van der Waals surface area contributed by atoms with E-state index in [1.165, 1.54) is 6.92 Å². The van der Waals surface area contributed by atoms with Gasteiger partial charge in [-0.3, -0.25) is 25.4 Å². The van der Waals surface area contributed by atoms with Gasteiger partial charge in [-0.05, 0) is 51.7 Å². The predicted molar refractivity (Wildman–Crippen MR) is 136 cm³/mol. The average molecular weight is 484 g/mol. The highest BCUT2D eigenvalue weighted by Crippen LogP contribution is 2.43. The quantitative estimate of drug-likeness (QED) is 0.239. The van der Waals surface area contributed by atoms with Gasteiger partial charge in [-0.25, -0.2) is 14.7 Å². The molecule has 0 radical (unpaired) electrons. The van der Waals surface area contributed by atoms with Gasteiger partial charge in [0.25, 0.3) is 5.91 Å². The maximum absolute atomic E-state index is 12.8. The number of Topliss-reactive ketones (excluding diaryl/α,β-unsaturated/α-hetero) is 1.